The van der Waals surface area contributed by atoms with E-state index in [1.54, 1.807) is 7.11 Å². The number of aliphatic hydroxyl groups is 1. The van der Waals surface area contributed by atoms with Crippen molar-refractivity contribution in [3.8, 4) is 5.75 Å². The number of benzene rings is 2. The molecule has 1 fully saturated rings. The van der Waals surface area contributed by atoms with Gasteiger partial charge in [-0.2, -0.15) is 0 Å². The van der Waals surface area contributed by atoms with Gasteiger partial charge in [-0.15, -0.1) is 0 Å². The van der Waals surface area contributed by atoms with Gasteiger partial charge in [0.15, 0.2) is 0 Å². The minimum absolute atomic E-state index is 0.00758. The van der Waals surface area contributed by atoms with Crippen LogP contribution in [0.2, 0.25) is 0 Å². The fraction of sp³-hybridized carbons (Fsp3) is 0.429. The first kappa shape index (κ1) is 17.0. The molecule has 0 amide bonds. The fourth-order valence-corrected chi connectivity index (χ4v) is 4.02. The monoisotopic (exact) mass is 325 g/mol. The lowest BCUT2D eigenvalue weighted by Gasteiger charge is -2.48. The molecule has 0 atom stereocenters. The smallest absolute Gasteiger partial charge is 0.119 e. The van der Waals surface area contributed by atoms with E-state index < -0.39 is 5.60 Å². The summed E-state index contributed by atoms with van der Waals surface area (Å²) in [5.74, 6) is 0.799. The van der Waals surface area contributed by atoms with Gasteiger partial charge in [-0.3, -0.25) is 4.90 Å². The van der Waals surface area contributed by atoms with E-state index in [9.17, 15) is 5.11 Å². The Bertz CT molecular complexity index is 673. The molecule has 1 saturated carbocycles. The van der Waals surface area contributed by atoms with E-state index >= 15 is 0 Å². The van der Waals surface area contributed by atoms with Crippen LogP contribution in [0.3, 0.4) is 0 Å². The SMILES string of the molecule is COc1cccc(C2(O)CCC(c3ccccc3)(N(C)C)CC2)c1. The minimum atomic E-state index is -0.775. The van der Waals surface area contributed by atoms with E-state index in [-0.39, 0.29) is 5.54 Å². The average molecular weight is 325 g/mol. The van der Waals surface area contributed by atoms with Crippen molar-refractivity contribution < 1.29 is 9.84 Å². The molecule has 0 radical (unpaired) electrons. The molecule has 1 N–H and O–H groups in total. The molecule has 2 aromatic carbocycles. The summed E-state index contributed by atoms with van der Waals surface area (Å²) < 4.78 is 5.32. The Morgan fingerprint density at radius 2 is 1.50 bits per heavy atom. The van der Waals surface area contributed by atoms with Crippen molar-refractivity contribution in [3.05, 3.63) is 65.7 Å². The number of ether oxygens (including phenoxy) is 1. The number of rotatable bonds is 4. The zero-order valence-corrected chi connectivity index (χ0v) is 14.8. The topological polar surface area (TPSA) is 32.7 Å². The standard InChI is InChI=1S/C21H27NO2/c1-22(2)20(17-8-5-4-6-9-17)12-14-21(23,15-13-20)18-10-7-11-19(16-18)24-3/h4-11,16,23H,12-15H2,1-3H3. The Balaban J connectivity index is 1.87. The second-order valence-electron chi connectivity index (χ2n) is 7.06. The summed E-state index contributed by atoms with van der Waals surface area (Å²) in [6.45, 7) is 0. The van der Waals surface area contributed by atoms with Crippen LogP contribution >= 0.6 is 0 Å². The first-order valence-electron chi connectivity index (χ1n) is 8.60. The van der Waals surface area contributed by atoms with Crippen molar-refractivity contribution in [1.82, 2.24) is 4.90 Å². The van der Waals surface area contributed by atoms with Gasteiger partial charge in [0, 0.05) is 5.54 Å². The molecule has 0 saturated heterocycles. The maximum Gasteiger partial charge on any atom is 0.119 e. The Kier molecular flexibility index (Phi) is 4.66. The second-order valence-corrected chi connectivity index (χ2v) is 7.06. The molecule has 2 aromatic rings. The molecule has 0 spiro atoms. The van der Waals surface area contributed by atoms with Gasteiger partial charge in [-0.1, -0.05) is 42.5 Å². The number of nitrogens with zero attached hydrogens (tertiary/aromatic N) is 1. The van der Waals surface area contributed by atoms with Crippen LogP contribution in [0.4, 0.5) is 0 Å². The maximum absolute atomic E-state index is 11.2. The molecular formula is C21H27NO2. The first-order chi connectivity index (χ1) is 11.5. The minimum Gasteiger partial charge on any atom is -0.497 e. The van der Waals surface area contributed by atoms with Crippen LogP contribution in [0.1, 0.15) is 36.8 Å². The molecule has 1 aliphatic carbocycles. The van der Waals surface area contributed by atoms with Crippen LogP contribution in [-0.2, 0) is 11.1 Å². The van der Waals surface area contributed by atoms with Crippen LogP contribution in [0.15, 0.2) is 54.6 Å². The predicted molar refractivity (Wildman–Crippen MR) is 97.2 cm³/mol. The largest absolute Gasteiger partial charge is 0.497 e. The molecule has 0 heterocycles. The van der Waals surface area contributed by atoms with E-state index in [2.05, 4.69) is 49.3 Å². The molecule has 1 aliphatic rings. The Labute approximate surface area is 144 Å². The van der Waals surface area contributed by atoms with Crippen molar-refractivity contribution in [3.63, 3.8) is 0 Å². The van der Waals surface area contributed by atoms with E-state index in [0.29, 0.717) is 0 Å². The number of hydrogen-bond acceptors (Lipinski definition) is 3. The quantitative estimate of drug-likeness (QED) is 0.925. The van der Waals surface area contributed by atoms with Crippen molar-refractivity contribution >= 4 is 0 Å². The molecule has 0 unspecified atom stereocenters. The number of methoxy groups -OCH3 is 1. The molecule has 0 aromatic heterocycles. The van der Waals surface area contributed by atoms with Crippen LogP contribution in [0.25, 0.3) is 0 Å². The van der Waals surface area contributed by atoms with E-state index in [1.165, 1.54) is 5.56 Å². The lowest BCUT2D eigenvalue weighted by molar-refractivity contribution is -0.0509. The lowest BCUT2D eigenvalue weighted by atomic mass is 9.68. The molecule has 3 rings (SSSR count). The summed E-state index contributed by atoms with van der Waals surface area (Å²) in [6.07, 6.45) is 3.34. The van der Waals surface area contributed by atoms with Gasteiger partial charge in [0.1, 0.15) is 5.75 Å². The van der Waals surface area contributed by atoms with Crippen molar-refractivity contribution in [1.29, 1.82) is 0 Å². The second kappa shape index (κ2) is 6.58. The van der Waals surface area contributed by atoms with Gasteiger partial charge < -0.3 is 9.84 Å². The first-order valence-corrected chi connectivity index (χ1v) is 8.60. The highest BCUT2D eigenvalue weighted by Gasteiger charge is 2.44. The molecule has 3 nitrogen and oxygen atoms in total. The van der Waals surface area contributed by atoms with Crippen LogP contribution in [0, 0.1) is 0 Å². The highest BCUT2D eigenvalue weighted by Crippen LogP contribution is 2.48. The molecule has 3 heteroatoms. The van der Waals surface area contributed by atoms with Gasteiger partial charge in [0.25, 0.3) is 0 Å². The highest BCUT2D eigenvalue weighted by molar-refractivity contribution is 5.34. The highest BCUT2D eigenvalue weighted by atomic mass is 16.5. The molecule has 0 bridgehead atoms. The molecule has 0 aliphatic heterocycles. The summed E-state index contributed by atoms with van der Waals surface area (Å²) in [5.41, 5.74) is 1.51. The third-order valence-electron chi connectivity index (χ3n) is 5.68. The van der Waals surface area contributed by atoms with E-state index in [0.717, 1.165) is 37.0 Å². The van der Waals surface area contributed by atoms with Crippen molar-refractivity contribution in [2.45, 2.75) is 36.8 Å². The van der Waals surface area contributed by atoms with Crippen LogP contribution in [-0.4, -0.2) is 31.2 Å². The maximum atomic E-state index is 11.2. The third-order valence-corrected chi connectivity index (χ3v) is 5.68. The van der Waals surface area contributed by atoms with Gasteiger partial charge in [-0.25, -0.2) is 0 Å². The summed E-state index contributed by atoms with van der Waals surface area (Å²) in [4.78, 5) is 2.31. The average Bonchev–Trinajstić information content (AvgIpc) is 2.63. The predicted octanol–water partition coefficient (Wildman–Crippen LogP) is 3.91. The third kappa shape index (κ3) is 2.94. The summed E-state index contributed by atoms with van der Waals surface area (Å²) in [5, 5.41) is 11.2. The molecular weight excluding hydrogens is 298 g/mol. The van der Waals surface area contributed by atoms with Gasteiger partial charge in [0.05, 0.1) is 12.7 Å². The normalized spacial score (nSPS) is 27.2. The van der Waals surface area contributed by atoms with E-state index in [1.807, 2.05) is 24.3 Å². The lowest BCUT2D eigenvalue weighted by Crippen LogP contribution is -2.48. The Morgan fingerprint density at radius 3 is 2.08 bits per heavy atom. The molecule has 128 valence electrons. The summed E-state index contributed by atoms with van der Waals surface area (Å²) >= 11 is 0. The fourth-order valence-electron chi connectivity index (χ4n) is 4.02. The number of hydrogen-bond donors (Lipinski definition) is 1. The zero-order chi connectivity index (χ0) is 17.2. The van der Waals surface area contributed by atoms with Crippen LogP contribution < -0.4 is 4.74 Å². The summed E-state index contributed by atoms with van der Waals surface area (Å²) in [7, 11) is 5.95. The van der Waals surface area contributed by atoms with Crippen molar-refractivity contribution in [2.75, 3.05) is 21.2 Å². The Morgan fingerprint density at radius 1 is 0.875 bits per heavy atom. The van der Waals surface area contributed by atoms with Gasteiger partial charge in [0.2, 0.25) is 0 Å². The Hall–Kier alpha value is -1.84. The van der Waals surface area contributed by atoms with Gasteiger partial charge in [-0.05, 0) is 63.0 Å². The zero-order valence-electron chi connectivity index (χ0n) is 14.8. The summed E-state index contributed by atoms with van der Waals surface area (Å²) in [6, 6.07) is 18.5. The molecule has 24 heavy (non-hydrogen) atoms. The van der Waals surface area contributed by atoms with Crippen LogP contribution in [0.5, 0.6) is 5.75 Å². The van der Waals surface area contributed by atoms with Crippen molar-refractivity contribution in [2.24, 2.45) is 0 Å². The van der Waals surface area contributed by atoms with E-state index in [4.69, 9.17) is 4.74 Å². The van der Waals surface area contributed by atoms with Gasteiger partial charge >= 0.3 is 0 Å².